The molecule has 2 rings (SSSR count). The molecule has 0 unspecified atom stereocenters. The van der Waals surface area contributed by atoms with Crippen molar-refractivity contribution in [1.82, 2.24) is 0 Å². The SMILES string of the molecule is COc1cc(C)ccc1C1(N)CCC1. The van der Waals surface area contributed by atoms with Crippen LogP contribution in [-0.2, 0) is 5.54 Å². The molecule has 1 aliphatic carbocycles. The zero-order valence-corrected chi connectivity index (χ0v) is 8.84. The minimum Gasteiger partial charge on any atom is -0.496 e. The van der Waals surface area contributed by atoms with Crippen LogP contribution in [0.1, 0.15) is 30.4 Å². The standard InChI is InChI=1S/C12H17NO/c1-9-4-5-10(11(8-9)14-2)12(13)6-3-7-12/h4-5,8H,3,6-7,13H2,1-2H3. The predicted molar refractivity (Wildman–Crippen MR) is 57.4 cm³/mol. The molecule has 0 amide bonds. The highest BCUT2D eigenvalue weighted by molar-refractivity contribution is 5.42. The quantitative estimate of drug-likeness (QED) is 0.778. The van der Waals surface area contributed by atoms with Gasteiger partial charge in [0.1, 0.15) is 5.75 Å². The molecule has 1 fully saturated rings. The van der Waals surface area contributed by atoms with E-state index in [0.717, 1.165) is 24.2 Å². The fraction of sp³-hybridized carbons (Fsp3) is 0.500. The first-order valence-corrected chi connectivity index (χ1v) is 5.10. The molecule has 2 N–H and O–H groups in total. The van der Waals surface area contributed by atoms with E-state index in [-0.39, 0.29) is 5.54 Å². The monoisotopic (exact) mass is 191 g/mol. The molecule has 1 aliphatic rings. The van der Waals surface area contributed by atoms with E-state index in [4.69, 9.17) is 10.5 Å². The van der Waals surface area contributed by atoms with Gasteiger partial charge in [-0.1, -0.05) is 12.1 Å². The predicted octanol–water partition coefficient (Wildman–Crippen LogP) is 2.34. The van der Waals surface area contributed by atoms with E-state index in [1.165, 1.54) is 12.0 Å². The highest BCUT2D eigenvalue weighted by Crippen LogP contribution is 2.42. The second-order valence-electron chi connectivity index (χ2n) is 4.21. The molecule has 0 bridgehead atoms. The largest absolute Gasteiger partial charge is 0.496 e. The van der Waals surface area contributed by atoms with Gasteiger partial charge in [0.15, 0.2) is 0 Å². The topological polar surface area (TPSA) is 35.2 Å². The van der Waals surface area contributed by atoms with E-state index in [1.54, 1.807) is 7.11 Å². The summed E-state index contributed by atoms with van der Waals surface area (Å²) in [5.41, 5.74) is 8.52. The third kappa shape index (κ3) is 1.40. The fourth-order valence-corrected chi connectivity index (χ4v) is 2.04. The van der Waals surface area contributed by atoms with Crippen LogP contribution in [0, 0.1) is 6.92 Å². The summed E-state index contributed by atoms with van der Waals surface area (Å²) in [6.45, 7) is 2.07. The Hall–Kier alpha value is -1.02. The third-order valence-electron chi connectivity index (χ3n) is 3.14. The van der Waals surface area contributed by atoms with Gasteiger partial charge in [0, 0.05) is 11.1 Å². The van der Waals surface area contributed by atoms with Crippen molar-refractivity contribution in [3.8, 4) is 5.75 Å². The number of methoxy groups -OCH3 is 1. The van der Waals surface area contributed by atoms with E-state index >= 15 is 0 Å². The molecule has 1 aromatic rings. The number of hydrogen-bond donors (Lipinski definition) is 1. The van der Waals surface area contributed by atoms with Gasteiger partial charge < -0.3 is 10.5 Å². The van der Waals surface area contributed by atoms with Gasteiger partial charge >= 0.3 is 0 Å². The summed E-state index contributed by atoms with van der Waals surface area (Å²) in [6.07, 6.45) is 3.38. The van der Waals surface area contributed by atoms with Gasteiger partial charge in [-0.2, -0.15) is 0 Å². The van der Waals surface area contributed by atoms with E-state index in [1.807, 2.05) is 0 Å². The molecule has 0 atom stereocenters. The van der Waals surface area contributed by atoms with Crippen LogP contribution in [0.25, 0.3) is 0 Å². The zero-order valence-electron chi connectivity index (χ0n) is 8.84. The van der Waals surface area contributed by atoms with E-state index in [2.05, 4.69) is 25.1 Å². The maximum absolute atomic E-state index is 6.27. The summed E-state index contributed by atoms with van der Waals surface area (Å²) in [5.74, 6) is 0.937. The minimum atomic E-state index is -0.126. The molecule has 76 valence electrons. The number of aryl methyl sites for hydroxylation is 1. The lowest BCUT2D eigenvalue weighted by atomic mass is 9.72. The highest BCUT2D eigenvalue weighted by atomic mass is 16.5. The lowest BCUT2D eigenvalue weighted by molar-refractivity contribution is 0.244. The van der Waals surface area contributed by atoms with Crippen LogP contribution in [0.4, 0.5) is 0 Å². The van der Waals surface area contributed by atoms with E-state index in [9.17, 15) is 0 Å². The van der Waals surface area contributed by atoms with Gasteiger partial charge in [0.25, 0.3) is 0 Å². The molecular formula is C12H17NO. The van der Waals surface area contributed by atoms with Gasteiger partial charge in [-0.25, -0.2) is 0 Å². The van der Waals surface area contributed by atoms with E-state index in [0.29, 0.717) is 0 Å². The summed E-state index contributed by atoms with van der Waals surface area (Å²) in [4.78, 5) is 0. The Labute approximate surface area is 85.1 Å². The molecule has 14 heavy (non-hydrogen) atoms. The van der Waals surface area contributed by atoms with Crippen LogP contribution in [0.15, 0.2) is 18.2 Å². The average molecular weight is 191 g/mol. The maximum Gasteiger partial charge on any atom is 0.124 e. The summed E-state index contributed by atoms with van der Waals surface area (Å²) >= 11 is 0. The molecule has 0 aliphatic heterocycles. The molecule has 0 radical (unpaired) electrons. The number of hydrogen-bond acceptors (Lipinski definition) is 2. The van der Waals surface area contributed by atoms with Gasteiger partial charge in [-0.15, -0.1) is 0 Å². The van der Waals surface area contributed by atoms with Crippen molar-refractivity contribution in [3.05, 3.63) is 29.3 Å². The Morgan fingerprint density at radius 3 is 2.57 bits per heavy atom. The molecule has 0 saturated heterocycles. The molecule has 1 saturated carbocycles. The minimum absolute atomic E-state index is 0.126. The lowest BCUT2D eigenvalue weighted by Crippen LogP contribution is -2.43. The Kier molecular flexibility index (Phi) is 2.23. The molecule has 0 spiro atoms. The summed E-state index contributed by atoms with van der Waals surface area (Å²) in [6, 6.07) is 6.26. The first-order chi connectivity index (χ1) is 6.65. The summed E-state index contributed by atoms with van der Waals surface area (Å²) in [7, 11) is 1.71. The van der Waals surface area contributed by atoms with Crippen LogP contribution < -0.4 is 10.5 Å². The normalized spacial score (nSPS) is 18.8. The number of rotatable bonds is 2. The third-order valence-corrected chi connectivity index (χ3v) is 3.14. The Morgan fingerprint density at radius 2 is 2.07 bits per heavy atom. The average Bonchev–Trinajstić information content (AvgIpc) is 2.14. The van der Waals surface area contributed by atoms with Crippen molar-refractivity contribution in [2.24, 2.45) is 5.73 Å². The molecular weight excluding hydrogens is 174 g/mol. The van der Waals surface area contributed by atoms with Crippen molar-refractivity contribution >= 4 is 0 Å². The fourth-order valence-electron chi connectivity index (χ4n) is 2.04. The van der Waals surface area contributed by atoms with Crippen LogP contribution in [0.3, 0.4) is 0 Å². The van der Waals surface area contributed by atoms with Crippen molar-refractivity contribution in [2.75, 3.05) is 7.11 Å². The number of nitrogens with two attached hydrogens (primary N) is 1. The van der Waals surface area contributed by atoms with Crippen molar-refractivity contribution in [3.63, 3.8) is 0 Å². The first kappa shape index (κ1) is 9.53. The molecule has 1 aromatic carbocycles. The van der Waals surface area contributed by atoms with Crippen LogP contribution in [0.5, 0.6) is 5.75 Å². The molecule has 0 aromatic heterocycles. The Morgan fingerprint density at radius 1 is 1.36 bits per heavy atom. The Bertz CT molecular complexity index is 342. The Balaban J connectivity index is 2.41. The van der Waals surface area contributed by atoms with Gasteiger partial charge in [0.05, 0.1) is 7.11 Å². The maximum atomic E-state index is 6.27. The van der Waals surface area contributed by atoms with Crippen molar-refractivity contribution in [2.45, 2.75) is 31.7 Å². The smallest absolute Gasteiger partial charge is 0.124 e. The van der Waals surface area contributed by atoms with Crippen LogP contribution in [-0.4, -0.2) is 7.11 Å². The van der Waals surface area contributed by atoms with Gasteiger partial charge in [0.2, 0.25) is 0 Å². The van der Waals surface area contributed by atoms with Crippen LogP contribution in [0.2, 0.25) is 0 Å². The first-order valence-electron chi connectivity index (χ1n) is 5.10. The zero-order chi connectivity index (χ0) is 10.2. The van der Waals surface area contributed by atoms with E-state index < -0.39 is 0 Å². The number of ether oxygens (including phenoxy) is 1. The lowest BCUT2D eigenvalue weighted by Gasteiger charge is -2.39. The van der Waals surface area contributed by atoms with Gasteiger partial charge in [-0.05, 0) is 37.8 Å². The second-order valence-corrected chi connectivity index (χ2v) is 4.21. The van der Waals surface area contributed by atoms with Crippen LogP contribution >= 0.6 is 0 Å². The van der Waals surface area contributed by atoms with Crippen molar-refractivity contribution in [1.29, 1.82) is 0 Å². The second kappa shape index (κ2) is 3.28. The summed E-state index contributed by atoms with van der Waals surface area (Å²) < 4.78 is 5.37. The molecule has 2 nitrogen and oxygen atoms in total. The molecule has 2 heteroatoms. The number of benzene rings is 1. The molecule has 0 heterocycles. The van der Waals surface area contributed by atoms with Crippen molar-refractivity contribution < 1.29 is 4.74 Å². The van der Waals surface area contributed by atoms with Gasteiger partial charge in [-0.3, -0.25) is 0 Å². The summed E-state index contributed by atoms with van der Waals surface area (Å²) in [5, 5.41) is 0. The highest BCUT2D eigenvalue weighted by Gasteiger charge is 2.36.